The van der Waals surface area contributed by atoms with Crippen molar-refractivity contribution in [2.45, 2.75) is 53.6 Å². The second-order valence-corrected chi connectivity index (χ2v) is 12.4. The Morgan fingerprint density at radius 1 is 1.23 bits per heavy atom. The van der Waals surface area contributed by atoms with Crippen molar-refractivity contribution in [1.29, 1.82) is 5.26 Å². The van der Waals surface area contributed by atoms with Gasteiger partial charge in [0.2, 0.25) is 0 Å². The Hall–Kier alpha value is -2.37. The third kappa shape index (κ3) is 5.90. The van der Waals surface area contributed by atoms with Gasteiger partial charge in [-0.15, -0.1) is 11.3 Å². The van der Waals surface area contributed by atoms with E-state index in [9.17, 15) is 5.26 Å². The molecule has 1 atom stereocenters. The number of aryl methyl sites for hydroxylation is 1. The molecule has 0 radical (unpaired) electrons. The lowest BCUT2D eigenvalue weighted by molar-refractivity contribution is 0.218. The Labute approximate surface area is 226 Å². The highest BCUT2D eigenvalue weighted by Crippen LogP contribution is 2.45. The number of thiophene rings is 1. The van der Waals surface area contributed by atoms with Gasteiger partial charge in [0.25, 0.3) is 0 Å². The number of hydrogen-bond acceptors (Lipinski definition) is 5. The molecular formula is C29H31IN2O2S. The summed E-state index contributed by atoms with van der Waals surface area (Å²) in [6.07, 6.45) is 4.95. The van der Waals surface area contributed by atoms with Crippen LogP contribution in [-0.2, 0) is 19.4 Å². The van der Waals surface area contributed by atoms with Gasteiger partial charge in [-0.3, -0.25) is 0 Å². The zero-order chi connectivity index (χ0) is 25.2. The van der Waals surface area contributed by atoms with Crippen LogP contribution in [0.4, 0.5) is 5.00 Å². The van der Waals surface area contributed by atoms with E-state index in [0.29, 0.717) is 18.3 Å². The molecule has 35 heavy (non-hydrogen) atoms. The molecule has 0 N–H and O–H groups in total. The van der Waals surface area contributed by atoms with E-state index in [2.05, 4.69) is 80.6 Å². The molecular weight excluding hydrogens is 567 g/mol. The summed E-state index contributed by atoms with van der Waals surface area (Å²) >= 11 is 3.95. The lowest BCUT2D eigenvalue weighted by Crippen LogP contribution is -2.26. The van der Waals surface area contributed by atoms with E-state index >= 15 is 0 Å². The van der Waals surface area contributed by atoms with Gasteiger partial charge >= 0.3 is 0 Å². The van der Waals surface area contributed by atoms with Crippen LogP contribution in [-0.4, -0.2) is 13.3 Å². The number of methoxy groups -OCH3 is 1. The number of nitrogens with zero attached hydrogens (tertiary/aromatic N) is 2. The van der Waals surface area contributed by atoms with Crippen LogP contribution in [0.5, 0.6) is 11.5 Å². The first-order valence-electron chi connectivity index (χ1n) is 11.8. The maximum Gasteiger partial charge on any atom is 0.174 e. The van der Waals surface area contributed by atoms with E-state index in [1.54, 1.807) is 18.4 Å². The first kappa shape index (κ1) is 25.7. The van der Waals surface area contributed by atoms with Crippen LogP contribution < -0.4 is 9.47 Å². The Balaban J connectivity index is 1.55. The summed E-state index contributed by atoms with van der Waals surface area (Å²) in [7, 11) is 1.65. The maximum absolute atomic E-state index is 9.86. The number of hydrogen-bond donors (Lipinski definition) is 0. The lowest BCUT2D eigenvalue weighted by Gasteiger charge is -2.33. The highest BCUT2D eigenvalue weighted by Gasteiger charge is 2.32. The number of fused-ring (bicyclic) bond motifs is 1. The lowest BCUT2D eigenvalue weighted by atomic mass is 9.72. The van der Waals surface area contributed by atoms with Crippen molar-refractivity contribution < 1.29 is 9.47 Å². The average Bonchev–Trinajstić information content (AvgIpc) is 3.19. The Kier molecular flexibility index (Phi) is 7.87. The summed E-state index contributed by atoms with van der Waals surface area (Å²) < 4.78 is 12.7. The number of rotatable bonds is 6. The van der Waals surface area contributed by atoms with Crippen LogP contribution in [0, 0.1) is 33.2 Å². The van der Waals surface area contributed by atoms with Gasteiger partial charge in [-0.25, -0.2) is 4.99 Å². The summed E-state index contributed by atoms with van der Waals surface area (Å²) in [5.41, 5.74) is 5.47. The van der Waals surface area contributed by atoms with Crippen LogP contribution in [0.25, 0.3) is 0 Å². The largest absolute Gasteiger partial charge is 0.493 e. The number of benzene rings is 2. The minimum atomic E-state index is 0.272. The van der Waals surface area contributed by atoms with Crippen molar-refractivity contribution in [3.05, 3.63) is 72.7 Å². The molecule has 4 rings (SSSR count). The quantitative estimate of drug-likeness (QED) is 0.213. The van der Waals surface area contributed by atoms with Gasteiger partial charge in [-0.2, -0.15) is 5.26 Å². The zero-order valence-corrected chi connectivity index (χ0v) is 23.9. The normalized spacial score (nSPS) is 15.6. The summed E-state index contributed by atoms with van der Waals surface area (Å²) in [6.45, 7) is 9.48. The van der Waals surface area contributed by atoms with Crippen molar-refractivity contribution in [2.24, 2.45) is 16.3 Å². The van der Waals surface area contributed by atoms with Gasteiger partial charge in [0.05, 0.1) is 16.2 Å². The molecule has 0 amide bonds. The summed E-state index contributed by atoms with van der Waals surface area (Å²) in [5.74, 6) is 2.03. The van der Waals surface area contributed by atoms with Gasteiger partial charge < -0.3 is 9.47 Å². The molecule has 2 aromatic carbocycles. The van der Waals surface area contributed by atoms with Crippen molar-refractivity contribution in [1.82, 2.24) is 0 Å². The van der Waals surface area contributed by atoms with Crippen molar-refractivity contribution in [3.8, 4) is 17.6 Å². The molecule has 0 aliphatic heterocycles. The Morgan fingerprint density at radius 2 is 1.97 bits per heavy atom. The topological polar surface area (TPSA) is 54.6 Å². The fourth-order valence-corrected chi connectivity index (χ4v) is 6.45. The predicted molar refractivity (Wildman–Crippen MR) is 152 cm³/mol. The molecule has 1 aromatic heterocycles. The van der Waals surface area contributed by atoms with Gasteiger partial charge in [0.15, 0.2) is 11.5 Å². The highest BCUT2D eigenvalue weighted by atomic mass is 127. The fourth-order valence-electron chi connectivity index (χ4n) is 4.44. The SMILES string of the molecule is COc1cc(C=Nc2sc3c(c2C#N)CC[C@H](C(C)(C)C)C3)cc(I)c1OCc1ccc(C)cc1. The van der Waals surface area contributed by atoms with Gasteiger partial charge in [0, 0.05) is 11.1 Å². The number of aliphatic imine (C=N–C) groups is 1. The van der Waals surface area contributed by atoms with Crippen molar-refractivity contribution in [3.63, 3.8) is 0 Å². The van der Waals surface area contributed by atoms with Crippen LogP contribution in [0.2, 0.25) is 0 Å². The molecule has 6 heteroatoms. The van der Waals surface area contributed by atoms with Crippen LogP contribution in [0.15, 0.2) is 41.4 Å². The smallest absolute Gasteiger partial charge is 0.174 e. The first-order valence-corrected chi connectivity index (χ1v) is 13.7. The third-order valence-electron chi connectivity index (χ3n) is 6.67. The van der Waals surface area contributed by atoms with Crippen LogP contribution in [0.1, 0.15) is 59.9 Å². The molecule has 3 aromatic rings. The molecule has 0 saturated heterocycles. The fraction of sp³-hybridized carbons (Fsp3) is 0.379. The predicted octanol–water partition coefficient (Wildman–Crippen LogP) is 8.02. The van der Waals surface area contributed by atoms with E-state index in [-0.39, 0.29) is 5.41 Å². The Bertz CT molecular complexity index is 1280. The second-order valence-electron chi connectivity index (χ2n) is 10.2. The number of nitriles is 1. The summed E-state index contributed by atoms with van der Waals surface area (Å²) in [4.78, 5) is 6.08. The van der Waals surface area contributed by atoms with Gasteiger partial charge in [-0.05, 0) is 88.9 Å². The number of halogens is 1. The molecule has 0 bridgehead atoms. The van der Waals surface area contributed by atoms with Crippen LogP contribution in [0.3, 0.4) is 0 Å². The highest BCUT2D eigenvalue weighted by molar-refractivity contribution is 14.1. The molecule has 0 fully saturated rings. The van der Waals surface area contributed by atoms with E-state index in [1.165, 1.54) is 16.0 Å². The summed E-state index contributed by atoms with van der Waals surface area (Å²) in [5, 5.41) is 10.7. The van der Waals surface area contributed by atoms with Crippen molar-refractivity contribution >= 4 is 45.1 Å². The monoisotopic (exact) mass is 598 g/mol. The Morgan fingerprint density at radius 3 is 2.63 bits per heavy atom. The molecule has 0 saturated carbocycles. The number of ether oxygens (including phenoxy) is 2. The molecule has 4 nitrogen and oxygen atoms in total. The third-order valence-corrected chi connectivity index (χ3v) is 8.63. The average molecular weight is 599 g/mol. The maximum atomic E-state index is 9.86. The minimum Gasteiger partial charge on any atom is -0.493 e. The molecule has 1 aliphatic rings. The molecule has 0 spiro atoms. The molecule has 1 aliphatic carbocycles. The van der Waals surface area contributed by atoms with Gasteiger partial charge in [-0.1, -0.05) is 50.6 Å². The molecule has 182 valence electrons. The van der Waals surface area contributed by atoms with E-state index in [4.69, 9.17) is 14.5 Å². The van der Waals surface area contributed by atoms with Crippen molar-refractivity contribution in [2.75, 3.05) is 7.11 Å². The van der Waals surface area contributed by atoms with Gasteiger partial charge in [0.1, 0.15) is 17.7 Å². The minimum absolute atomic E-state index is 0.272. The first-order chi connectivity index (χ1) is 16.7. The van der Waals surface area contributed by atoms with Crippen LogP contribution >= 0.6 is 33.9 Å². The summed E-state index contributed by atoms with van der Waals surface area (Å²) in [6, 6.07) is 14.7. The zero-order valence-electron chi connectivity index (χ0n) is 20.9. The van der Waals surface area contributed by atoms with E-state index in [1.807, 2.05) is 18.3 Å². The molecule has 0 unspecified atom stereocenters. The molecule has 1 heterocycles. The van der Waals surface area contributed by atoms with E-state index in [0.717, 1.165) is 50.3 Å². The van der Waals surface area contributed by atoms with E-state index < -0.39 is 0 Å². The second kappa shape index (κ2) is 10.7. The standard InChI is InChI=1S/C29H31IN2O2S/c1-18-6-8-19(9-7-18)17-34-27-24(30)12-20(13-25(27)33-5)16-32-28-23(15-31)22-11-10-21(29(2,3)4)14-26(22)35-28/h6-9,12-13,16,21H,10-11,14,17H2,1-5H3/t21-/m0/s1.